The Balaban J connectivity index is 1.82. The smallest absolute Gasteiger partial charge is 0.323 e. The molecule has 2 rings (SSSR count). The summed E-state index contributed by atoms with van der Waals surface area (Å²) in [5.74, 6) is -1.94. The van der Waals surface area contributed by atoms with Gasteiger partial charge in [0.1, 0.15) is 11.8 Å². The van der Waals surface area contributed by atoms with Gasteiger partial charge in [-0.2, -0.15) is 0 Å². The van der Waals surface area contributed by atoms with E-state index in [2.05, 4.69) is 5.32 Å². The maximum Gasteiger partial charge on any atom is 0.323 e. The fourth-order valence-corrected chi connectivity index (χ4v) is 1.91. The van der Waals surface area contributed by atoms with Gasteiger partial charge < -0.3 is 14.8 Å². The molecule has 0 aromatic heterocycles. The summed E-state index contributed by atoms with van der Waals surface area (Å²) >= 11 is 0. The number of carbonyl (C=O) groups excluding carboxylic acids is 1. The second kappa shape index (κ2) is 7.36. The van der Waals surface area contributed by atoms with Gasteiger partial charge in [-0.25, -0.2) is 8.78 Å². The average molecular weight is 299 g/mol. The van der Waals surface area contributed by atoms with Gasteiger partial charge in [-0.3, -0.25) is 4.79 Å². The molecule has 116 valence electrons. The molecule has 1 unspecified atom stereocenters. The van der Waals surface area contributed by atoms with Crippen molar-refractivity contribution < 1.29 is 23.0 Å². The second-order valence-electron chi connectivity index (χ2n) is 4.96. The molecule has 0 heterocycles. The van der Waals surface area contributed by atoms with E-state index in [1.807, 2.05) is 0 Å². The van der Waals surface area contributed by atoms with Crippen molar-refractivity contribution in [2.45, 2.75) is 38.3 Å². The van der Waals surface area contributed by atoms with Crippen molar-refractivity contribution in [3.63, 3.8) is 0 Å². The van der Waals surface area contributed by atoms with Gasteiger partial charge >= 0.3 is 5.97 Å². The summed E-state index contributed by atoms with van der Waals surface area (Å²) in [5, 5.41) is 3.19. The quantitative estimate of drug-likeness (QED) is 0.749. The zero-order chi connectivity index (χ0) is 15.2. The lowest BCUT2D eigenvalue weighted by molar-refractivity contribution is -0.146. The van der Waals surface area contributed by atoms with E-state index in [9.17, 15) is 13.6 Å². The maximum absolute atomic E-state index is 13.0. The first-order valence-electron chi connectivity index (χ1n) is 7.10. The Morgan fingerprint density at radius 2 is 2.14 bits per heavy atom. The molecular weight excluding hydrogens is 280 g/mol. The zero-order valence-electron chi connectivity index (χ0n) is 11.9. The summed E-state index contributed by atoms with van der Waals surface area (Å²) in [7, 11) is 0. The number of hydrogen-bond acceptors (Lipinski definition) is 4. The van der Waals surface area contributed by atoms with Gasteiger partial charge in [0.2, 0.25) is 0 Å². The number of rotatable bonds is 8. The number of hydrogen-bond donors (Lipinski definition) is 1. The third-order valence-electron chi connectivity index (χ3n) is 3.15. The highest BCUT2D eigenvalue weighted by atomic mass is 19.2. The van der Waals surface area contributed by atoms with Crippen molar-refractivity contribution in [1.29, 1.82) is 0 Å². The van der Waals surface area contributed by atoms with E-state index in [1.165, 1.54) is 6.07 Å². The van der Waals surface area contributed by atoms with Crippen LogP contribution < -0.4 is 10.1 Å². The second-order valence-corrected chi connectivity index (χ2v) is 4.96. The van der Waals surface area contributed by atoms with Crippen LogP contribution in [0.5, 0.6) is 5.75 Å². The predicted octanol–water partition coefficient (Wildman–Crippen LogP) is 2.42. The Morgan fingerprint density at radius 1 is 1.38 bits per heavy atom. The molecule has 1 saturated carbocycles. The van der Waals surface area contributed by atoms with E-state index in [4.69, 9.17) is 9.47 Å². The van der Waals surface area contributed by atoms with Crippen LogP contribution in [0.25, 0.3) is 0 Å². The molecule has 6 heteroatoms. The molecule has 1 aliphatic carbocycles. The van der Waals surface area contributed by atoms with Crippen LogP contribution in [0.4, 0.5) is 8.78 Å². The first-order chi connectivity index (χ1) is 10.1. The van der Waals surface area contributed by atoms with Gasteiger partial charge in [0.05, 0.1) is 13.2 Å². The van der Waals surface area contributed by atoms with Crippen LogP contribution in [0, 0.1) is 11.6 Å². The summed E-state index contributed by atoms with van der Waals surface area (Å²) in [4.78, 5) is 11.8. The highest BCUT2D eigenvalue weighted by Crippen LogP contribution is 2.21. The number of halogens is 2. The van der Waals surface area contributed by atoms with E-state index in [0.717, 1.165) is 25.0 Å². The average Bonchev–Trinajstić information content (AvgIpc) is 3.26. The Labute approximate surface area is 122 Å². The summed E-state index contributed by atoms with van der Waals surface area (Å²) in [6.45, 7) is 2.30. The minimum atomic E-state index is -0.953. The molecule has 21 heavy (non-hydrogen) atoms. The largest absolute Gasteiger partial charge is 0.493 e. The molecule has 0 radical (unpaired) electrons. The van der Waals surface area contributed by atoms with Gasteiger partial charge in [0.25, 0.3) is 0 Å². The molecule has 4 nitrogen and oxygen atoms in total. The van der Waals surface area contributed by atoms with Gasteiger partial charge in [0.15, 0.2) is 11.6 Å². The molecule has 1 aromatic carbocycles. The number of ether oxygens (including phenoxy) is 2. The molecular formula is C15H19F2NO3. The van der Waals surface area contributed by atoms with Crippen LogP contribution in [0.15, 0.2) is 18.2 Å². The molecule has 1 fully saturated rings. The Kier molecular flexibility index (Phi) is 5.50. The summed E-state index contributed by atoms with van der Waals surface area (Å²) in [6.07, 6.45) is 2.52. The first kappa shape index (κ1) is 15.7. The fraction of sp³-hybridized carbons (Fsp3) is 0.533. The standard InChI is InChI=1S/C15H19F2NO3/c1-2-20-15(19)14(18-10-3-4-10)7-8-21-11-5-6-12(16)13(17)9-11/h5-6,9-10,14,18H,2-4,7-8H2,1H3. The van der Waals surface area contributed by atoms with Crippen molar-refractivity contribution in [2.75, 3.05) is 13.2 Å². The molecule has 0 saturated heterocycles. The van der Waals surface area contributed by atoms with Crippen LogP contribution in [-0.4, -0.2) is 31.3 Å². The normalized spacial score (nSPS) is 15.6. The minimum absolute atomic E-state index is 0.217. The van der Waals surface area contributed by atoms with E-state index in [0.29, 0.717) is 19.1 Å². The first-order valence-corrected chi connectivity index (χ1v) is 7.10. The van der Waals surface area contributed by atoms with Crippen LogP contribution in [0.1, 0.15) is 26.2 Å². The van der Waals surface area contributed by atoms with Gasteiger partial charge in [-0.05, 0) is 31.9 Å². The summed E-state index contributed by atoms with van der Waals surface area (Å²) in [6, 6.07) is 3.29. The Morgan fingerprint density at radius 3 is 2.76 bits per heavy atom. The lowest BCUT2D eigenvalue weighted by Gasteiger charge is -2.17. The molecule has 0 amide bonds. The SMILES string of the molecule is CCOC(=O)C(CCOc1ccc(F)c(F)c1)NC1CC1. The van der Waals surface area contributed by atoms with E-state index in [-0.39, 0.29) is 18.3 Å². The number of nitrogens with one attached hydrogen (secondary N) is 1. The predicted molar refractivity (Wildman–Crippen MR) is 73.0 cm³/mol. The minimum Gasteiger partial charge on any atom is -0.493 e. The number of benzene rings is 1. The zero-order valence-corrected chi connectivity index (χ0v) is 11.9. The third kappa shape index (κ3) is 4.97. The van der Waals surface area contributed by atoms with E-state index in [1.54, 1.807) is 6.92 Å². The lowest BCUT2D eigenvalue weighted by atomic mass is 10.2. The van der Waals surface area contributed by atoms with Crippen LogP contribution >= 0.6 is 0 Å². The Hall–Kier alpha value is -1.69. The molecule has 0 spiro atoms. The number of esters is 1. The van der Waals surface area contributed by atoms with Crippen molar-refractivity contribution >= 4 is 5.97 Å². The van der Waals surface area contributed by atoms with Crippen LogP contribution in [-0.2, 0) is 9.53 Å². The summed E-state index contributed by atoms with van der Waals surface area (Å²) in [5.41, 5.74) is 0. The number of carbonyl (C=O) groups is 1. The molecule has 1 aromatic rings. The molecule has 0 bridgehead atoms. The Bertz CT molecular complexity index is 492. The highest BCUT2D eigenvalue weighted by Gasteiger charge is 2.29. The lowest BCUT2D eigenvalue weighted by Crippen LogP contribution is -2.40. The van der Waals surface area contributed by atoms with Crippen molar-refractivity contribution in [3.8, 4) is 5.75 Å². The maximum atomic E-state index is 13.0. The van der Waals surface area contributed by atoms with Gasteiger partial charge in [-0.15, -0.1) is 0 Å². The molecule has 1 atom stereocenters. The molecule has 1 N–H and O–H groups in total. The fourth-order valence-electron chi connectivity index (χ4n) is 1.91. The molecule has 1 aliphatic rings. The van der Waals surface area contributed by atoms with Crippen molar-refractivity contribution in [2.24, 2.45) is 0 Å². The highest BCUT2D eigenvalue weighted by molar-refractivity contribution is 5.75. The van der Waals surface area contributed by atoms with Gasteiger partial charge in [-0.1, -0.05) is 0 Å². The van der Waals surface area contributed by atoms with E-state index < -0.39 is 17.7 Å². The monoisotopic (exact) mass is 299 g/mol. The molecule has 0 aliphatic heterocycles. The van der Waals surface area contributed by atoms with E-state index >= 15 is 0 Å². The van der Waals surface area contributed by atoms with Crippen molar-refractivity contribution in [3.05, 3.63) is 29.8 Å². The topological polar surface area (TPSA) is 47.6 Å². The summed E-state index contributed by atoms with van der Waals surface area (Å²) < 4.78 is 36.2. The van der Waals surface area contributed by atoms with Crippen LogP contribution in [0.3, 0.4) is 0 Å². The van der Waals surface area contributed by atoms with Gasteiger partial charge in [0, 0.05) is 18.5 Å². The third-order valence-corrected chi connectivity index (χ3v) is 3.15. The van der Waals surface area contributed by atoms with Crippen LogP contribution in [0.2, 0.25) is 0 Å². The van der Waals surface area contributed by atoms with Crippen molar-refractivity contribution in [1.82, 2.24) is 5.32 Å².